The van der Waals surface area contributed by atoms with Crippen LogP contribution in [0.5, 0.6) is 0 Å². The molecule has 1 heterocycles. The lowest BCUT2D eigenvalue weighted by atomic mass is 9.87. The first-order chi connectivity index (χ1) is 5.66. The SMILES string of the molecule is C[C@@H]1CO[C@H]([C@@H](C)O)[C@@H]1CCO. The van der Waals surface area contributed by atoms with E-state index >= 15 is 0 Å². The second-order valence-electron chi connectivity index (χ2n) is 3.69. The molecule has 0 bridgehead atoms. The summed E-state index contributed by atoms with van der Waals surface area (Å²) in [6.07, 6.45) is 0.232. The molecule has 1 saturated heterocycles. The Hall–Kier alpha value is -0.120. The summed E-state index contributed by atoms with van der Waals surface area (Å²) in [5.74, 6) is 0.770. The van der Waals surface area contributed by atoms with E-state index in [4.69, 9.17) is 9.84 Å². The van der Waals surface area contributed by atoms with Crippen molar-refractivity contribution in [2.24, 2.45) is 11.8 Å². The highest BCUT2D eigenvalue weighted by atomic mass is 16.5. The molecule has 0 aromatic rings. The van der Waals surface area contributed by atoms with E-state index in [1.54, 1.807) is 6.92 Å². The predicted octanol–water partition coefficient (Wildman–Crippen LogP) is 0.401. The van der Waals surface area contributed by atoms with Gasteiger partial charge in [0.05, 0.1) is 18.8 Å². The van der Waals surface area contributed by atoms with Crippen molar-refractivity contribution in [2.75, 3.05) is 13.2 Å². The van der Waals surface area contributed by atoms with E-state index in [1.807, 2.05) is 0 Å². The molecule has 0 aromatic heterocycles. The first-order valence-corrected chi connectivity index (χ1v) is 4.57. The molecule has 4 atom stereocenters. The minimum absolute atomic E-state index is 0.0767. The zero-order valence-corrected chi connectivity index (χ0v) is 7.73. The van der Waals surface area contributed by atoms with Gasteiger partial charge in [-0.3, -0.25) is 0 Å². The molecule has 12 heavy (non-hydrogen) atoms. The molecule has 0 unspecified atom stereocenters. The predicted molar refractivity (Wildman–Crippen MR) is 45.8 cm³/mol. The van der Waals surface area contributed by atoms with Crippen LogP contribution in [-0.2, 0) is 4.74 Å². The highest BCUT2D eigenvalue weighted by Crippen LogP contribution is 2.31. The van der Waals surface area contributed by atoms with Gasteiger partial charge in [0.25, 0.3) is 0 Å². The highest BCUT2D eigenvalue weighted by Gasteiger charge is 2.36. The van der Waals surface area contributed by atoms with Gasteiger partial charge in [0.1, 0.15) is 0 Å². The number of aliphatic hydroxyl groups excluding tert-OH is 2. The van der Waals surface area contributed by atoms with Crippen LogP contribution in [0.2, 0.25) is 0 Å². The van der Waals surface area contributed by atoms with E-state index < -0.39 is 6.10 Å². The van der Waals surface area contributed by atoms with Crippen molar-refractivity contribution in [3.8, 4) is 0 Å². The zero-order chi connectivity index (χ0) is 9.14. The quantitative estimate of drug-likeness (QED) is 0.651. The van der Waals surface area contributed by atoms with Crippen molar-refractivity contribution < 1.29 is 14.9 Å². The summed E-state index contributed by atoms with van der Waals surface area (Å²) >= 11 is 0. The van der Waals surface area contributed by atoms with E-state index in [9.17, 15) is 5.11 Å². The molecule has 2 N–H and O–H groups in total. The van der Waals surface area contributed by atoms with Gasteiger partial charge in [-0.15, -0.1) is 0 Å². The van der Waals surface area contributed by atoms with Crippen LogP contribution in [0.3, 0.4) is 0 Å². The van der Waals surface area contributed by atoms with Gasteiger partial charge in [-0.1, -0.05) is 6.92 Å². The molecule has 1 aliphatic rings. The van der Waals surface area contributed by atoms with Crippen LogP contribution >= 0.6 is 0 Å². The summed E-state index contributed by atoms with van der Waals surface area (Å²) in [7, 11) is 0. The van der Waals surface area contributed by atoms with Gasteiger partial charge >= 0.3 is 0 Å². The molecule has 1 aliphatic heterocycles. The first kappa shape index (κ1) is 9.96. The van der Waals surface area contributed by atoms with E-state index in [1.165, 1.54) is 0 Å². The molecule has 1 rings (SSSR count). The lowest BCUT2D eigenvalue weighted by molar-refractivity contribution is -0.0132. The average Bonchev–Trinajstić information content (AvgIpc) is 2.34. The van der Waals surface area contributed by atoms with Crippen LogP contribution in [0, 0.1) is 11.8 Å². The van der Waals surface area contributed by atoms with Crippen LogP contribution in [0.1, 0.15) is 20.3 Å². The molecular formula is C9H18O3. The molecule has 0 aromatic carbocycles. The van der Waals surface area contributed by atoms with Crippen LogP contribution in [0.25, 0.3) is 0 Å². The minimum atomic E-state index is -0.425. The molecule has 0 amide bonds. The van der Waals surface area contributed by atoms with E-state index in [0.717, 1.165) is 6.42 Å². The van der Waals surface area contributed by atoms with Crippen LogP contribution in [0.15, 0.2) is 0 Å². The van der Waals surface area contributed by atoms with Crippen molar-refractivity contribution in [2.45, 2.75) is 32.5 Å². The van der Waals surface area contributed by atoms with E-state index in [0.29, 0.717) is 18.4 Å². The molecule has 72 valence electrons. The van der Waals surface area contributed by atoms with Crippen molar-refractivity contribution in [1.29, 1.82) is 0 Å². The first-order valence-electron chi connectivity index (χ1n) is 4.57. The Bertz CT molecular complexity index is 136. The Morgan fingerprint density at radius 3 is 2.75 bits per heavy atom. The Morgan fingerprint density at radius 1 is 1.58 bits per heavy atom. The second-order valence-corrected chi connectivity index (χ2v) is 3.69. The molecule has 0 aliphatic carbocycles. The van der Waals surface area contributed by atoms with Crippen molar-refractivity contribution >= 4 is 0 Å². The third-order valence-corrected chi connectivity index (χ3v) is 2.64. The standard InChI is InChI=1S/C9H18O3/c1-6-5-12-9(7(2)11)8(6)3-4-10/h6-11H,3-5H2,1-2H3/t6-,7-,8-,9-/m1/s1. The van der Waals surface area contributed by atoms with Crippen molar-refractivity contribution in [1.82, 2.24) is 0 Å². The van der Waals surface area contributed by atoms with E-state index in [-0.39, 0.29) is 12.7 Å². The molecule has 3 nitrogen and oxygen atoms in total. The molecule has 3 heteroatoms. The van der Waals surface area contributed by atoms with Gasteiger partial charge in [0.15, 0.2) is 0 Å². The fourth-order valence-electron chi connectivity index (χ4n) is 1.93. The van der Waals surface area contributed by atoms with Crippen LogP contribution < -0.4 is 0 Å². The fraction of sp³-hybridized carbons (Fsp3) is 1.00. The molecule has 0 radical (unpaired) electrons. The number of ether oxygens (including phenoxy) is 1. The topological polar surface area (TPSA) is 49.7 Å². The molecule has 0 saturated carbocycles. The number of hydrogen-bond acceptors (Lipinski definition) is 3. The molecule has 0 spiro atoms. The average molecular weight is 174 g/mol. The van der Waals surface area contributed by atoms with Gasteiger partial charge in [-0.05, 0) is 25.2 Å². The number of hydrogen-bond donors (Lipinski definition) is 2. The Balaban J connectivity index is 2.51. The number of aliphatic hydroxyl groups is 2. The van der Waals surface area contributed by atoms with Gasteiger partial charge in [0.2, 0.25) is 0 Å². The smallest absolute Gasteiger partial charge is 0.0863 e. The Morgan fingerprint density at radius 2 is 2.25 bits per heavy atom. The normalized spacial score (nSPS) is 38.5. The maximum absolute atomic E-state index is 9.36. The summed E-state index contributed by atoms with van der Waals surface area (Å²) in [5, 5.41) is 18.2. The lowest BCUT2D eigenvalue weighted by Gasteiger charge is -2.22. The van der Waals surface area contributed by atoms with E-state index in [2.05, 4.69) is 6.92 Å². The van der Waals surface area contributed by atoms with Gasteiger partial charge in [0, 0.05) is 6.61 Å². The van der Waals surface area contributed by atoms with Gasteiger partial charge in [-0.2, -0.15) is 0 Å². The van der Waals surface area contributed by atoms with Crippen LogP contribution in [0.4, 0.5) is 0 Å². The van der Waals surface area contributed by atoms with Gasteiger partial charge < -0.3 is 14.9 Å². The largest absolute Gasteiger partial charge is 0.396 e. The zero-order valence-electron chi connectivity index (χ0n) is 7.73. The Labute approximate surface area is 73.4 Å². The third-order valence-electron chi connectivity index (χ3n) is 2.64. The summed E-state index contributed by atoms with van der Waals surface area (Å²) in [5.41, 5.74) is 0. The summed E-state index contributed by atoms with van der Waals surface area (Å²) in [4.78, 5) is 0. The maximum Gasteiger partial charge on any atom is 0.0863 e. The monoisotopic (exact) mass is 174 g/mol. The number of rotatable bonds is 3. The Kier molecular flexibility index (Phi) is 3.50. The van der Waals surface area contributed by atoms with Crippen molar-refractivity contribution in [3.63, 3.8) is 0 Å². The van der Waals surface area contributed by atoms with Gasteiger partial charge in [-0.25, -0.2) is 0 Å². The fourth-order valence-corrected chi connectivity index (χ4v) is 1.93. The summed E-state index contributed by atoms with van der Waals surface area (Å²) < 4.78 is 5.43. The summed E-state index contributed by atoms with van der Waals surface area (Å²) in [6, 6.07) is 0. The van der Waals surface area contributed by atoms with Crippen LogP contribution in [-0.4, -0.2) is 35.6 Å². The minimum Gasteiger partial charge on any atom is -0.396 e. The lowest BCUT2D eigenvalue weighted by Crippen LogP contribution is -2.30. The molecular weight excluding hydrogens is 156 g/mol. The molecule has 1 fully saturated rings. The second kappa shape index (κ2) is 4.21. The summed E-state index contributed by atoms with van der Waals surface area (Å²) in [6.45, 7) is 4.73. The maximum atomic E-state index is 9.36. The third kappa shape index (κ3) is 1.97. The highest BCUT2D eigenvalue weighted by molar-refractivity contribution is 4.84. The van der Waals surface area contributed by atoms with Crippen molar-refractivity contribution in [3.05, 3.63) is 0 Å².